The molecule has 0 N–H and O–H groups in total. The Balaban J connectivity index is 1.53. The number of rotatable bonds is 5. The lowest BCUT2D eigenvalue weighted by molar-refractivity contribution is -0.132. The van der Waals surface area contributed by atoms with E-state index in [9.17, 15) is 4.79 Å². The van der Waals surface area contributed by atoms with Gasteiger partial charge in [-0.3, -0.25) is 9.78 Å². The molecule has 3 rings (SSSR count). The molecule has 0 aliphatic carbocycles. The van der Waals surface area contributed by atoms with Crippen molar-refractivity contribution in [3.63, 3.8) is 0 Å². The molecular weight excluding hydrogens is 302 g/mol. The standard InChI is InChI=1S/C19H25N3O2/c1-14-18(15(2)24-21-14)7-8-19(23)22-10-4-6-17(13-22)11-16-5-3-9-20-12-16/h3,5,9,12,17H,4,6-8,10-11,13H2,1-2H3/t17-/m0/s1. The number of hydrogen-bond donors (Lipinski definition) is 0. The molecule has 2 aromatic rings. The summed E-state index contributed by atoms with van der Waals surface area (Å²) in [6.07, 6.45) is 8.24. The van der Waals surface area contributed by atoms with E-state index in [4.69, 9.17) is 4.52 Å². The van der Waals surface area contributed by atoms with E-state index in [1.165, 1.54) is 12.0 Å². The molecule has 5 nitrogen and oxygen atoms in total. The molecule has 0 radical (unpaired) electrons. The number of piperidine rings is 1. The van der Waals surface area contributed by atoms with Crippen molar-refractivity contribution >= 4 is 5.91 Å². The minimum absolute atomic E-state index is 0.242. The minimum atomic E-state index is 0.242. The van der Waals surface area contributed by atoms with Gasteiger partial charge in [-0.1, -0.05) is 11.2 Å². The van der Waals surface area contributed by atoms with Crippen LogP contribution in [0.2, 0.25) is 0 Å². The summed E-state index contributed by atoms with van der Waals surface area (Å²) in [6.45, 7) is 5.57. The number of aromatic nitrogens is 2. The van der Waals surface area contributed by atoms with Gasteiger partial charge < -0.3 is 9.42 Å². The largest absolute Gasteiger partial charge is 0.361 e. The fourth-order valence-electron chi connectivity index (χ4n) is 3.56. The van der Waals surface area contributed by atoms with Crippen LogP contribution in [0.5, 0.6) is 0 Å². The maximum Gasteiger partial charge on any atom is 0.222 e. The number of carbonyl (C=O) groups excluding carboxylic acids is 1. The summed E-state index contributed by atoms with van der Waals surface area (Å²) in [5.41, 5.74) is 3.23. The van der Waals surface area contributed by atoms with E-state index in [2.05, 4.69) is 16.2 Å². The van der Waals surface area contributed by atoms with Crippen LogP contribution < -0.4 is 0 Å². The van der Waals surface area contributed by atoms with E-state index in [1.807, 2.05) is 31.0 Å². The third-order valence-electron chi connectivity index (χ3n) is 4.89. The predicted molar refractivity (Wildman–Crippen MR) is 91.5 cm³/mol. The van der Waals surface area contributed by atoms with Gasteiger partial charge in [0.1, 0.15) is 5.76 Å². The lowest BCUT2D eigenvalue weighted by Crippen LogP contribution is -2.40. The normalized spacial score (nSPS) is 17.9. The molecule has 128 valence electrons. The summed E-state index contributed by atoms with van der Waals surface area (Å²) >= 11 is 0. The number of amides is 1. The molecule has 1 aliphatic heterocycles. The zero-order chi connectivity index (χ0) is 16.9. The van der Waals surface area contributed by atoms with Crippen molar-refractivity contribution in [2.75, 3.05) is 13.1 Å². The van der Waals surface area contributed by atoms with Crippen LogP contribution in [0.15, 0.2) is 29.0 Å². The van der Waals surface area contributed by atoms with E-state index in [1.54, 1.807) is 6.20 Å². The first-order valence-corrected chi connectivity index (χ1v) is 8.72. The Kier molecular flexibility index (Phi) is 5.28. The molecule has 0 aromatic carbocycles. The Bertz CT molecular complexity index is 662. The highest BCUT2D eigenvalue weighted by Gasteiger charge is 2.24. The van der Waals surface area contributed by atoms with Gasteiger partial charge in [-0.2, -0.15) is 0 Å². The van der Waals surface area contributed by atoms with Crippen LogP contribution in [-0.4, -0.2) is 34.0 Å². The first-order valence-electron chi connectivity index (χ1n) is 8.72. The molecule has 1 atom stereocenters. The topological polar surface area (TPSA) is 59.2 Å². The van der Waals surface area contributed by atoms with Gasteiger partial charge in [0, 0.05) is 37.5 Å². The van der Waals surface area contributed by atoms with Crippen molar-refractivity contribution in [2.24, 2.45) is 5.92 Å². The molecule has 24 heavy (non-hydrogen) atoms. The van der Waals surface area contributed by atoms with Gasteiger partial charge >= 0.3 is 0 Å². The molecule has 0 saturated carbocycles. The molecule has 5 heteroatoms. The second-order valence-corrected chi connectivity index (χ2v) is 6.72. The van der Waals surface area contributed by atoms with Crippen LogP contribution in [0, 0.1) is 19.8 Å². The van der Waals surface area contributed by atoms with Gasteiger partial charge in [-0.15, -0.1) is 0 Å². The Labute approximate surface area is 143 Å². The lowest BCUT2D eigenvalue weighted by atomic mass is 9.91. The Hall–Kier alpha value is -2.17. The number of pyridine rings is 1. The van der Waals surface area contributed by atoms with Crippen molar-refractivity contribution in [3.8, 4) is 0 Å². The summed E-state index contributed by atoms with van der Waals surface area (Å²) in [4.78, 5) is 18.8. The predicted octanol–water partition coefficient (Wildman–Crippen LogP) is 3.10. The second kappa shape index (κ2) is 7.60. The molecule has 0 bridgehead atoms. The van der Waals surface area contributed by atoms with Crippen LogP contribution in [0.4, 0.5) is 0 Å². The summed E-state index contributed by atoms with van der Waals surface area (Å²) in [5, 5.41) is 3.96. The van der Waals surface area contributed by atoms with Gasteiger partial charge in [-0.25, -0.2) is 0 Å². The maximum absolute atomic E-state index is 12.6. The van der Waals surface area contributed by atoms with Crippen molar-refractivity contribution in [3.05, 3.63) is 47.1 Å². The zero-order valence-electron chi connectivity index (χ0n) is 14.5. The van der Waals surface area contributed by atoms with Gasteiger partial charge in [0.05, 0.1) is 5.69 Å². The summed E-state index contributed by atoms with van der Waals surface area (Å²) < 4.78 is 5.18. The van der Waals surface area contributed by atoms with Crippen molar-refractivity contribution in [1.29, 1.82) is 0 Å². The van der Waals surface area contributed by atoms with Gasteiger partial charge in [0.2, 0.25) is 5.91 Å². The number of likely N-dealkylation sites (tertiary alicyclic amines) is 1. The monoisotopic (exact) mass is 327 g/mol. The number of carbonyl (C=O) groups is 1. The van der Waals surface area contributed by atoms with Gasteiger partial charge in [0.15, 0.2) is 0 Å². The minimum Gasteiger partial charge on any atom is -0.361 e. The van der Waals surface area contributed by atoms with E-state index in [0.29, 0.717) is 18.8 Å². The van der Waals surface area contributed by atoms with E-state index < -0.39 is 0 Å². The summed E-state index contributed by atoms with van der Waals surface area (Å²) in [5.74, 6) is 1.60. The average Bonchev–Trinajstić information content (AvgIpc) is 2.92. The third kappa shape index (κ3) is 4.02. The third-order valence-corrected chi connectivity index (χ3v) is 4.89. The quantitative estimate of drug-likeness (QED) is 0.847. The van der Waals surface area contributed by atoms with E-state index in [0.717, 1.165) is 42.9 Å². The first kappa shape index (κ1) is 16.7. The van der Waals surface area contributed by atoms with Crippen molar-refractivity contribution in [2.45, 2.75) is 46.0 Å². The summed E-state index contributed by atoms with van der Waals surface area (Å²) in [7, 11) is 0. The molecule has 1 fully saturated rings. The van der Waals surface area contributed by atoms with Crippen molar-refractivity contribution in [1.82, 2.24) is 15.0 Å². The molecule has 1 amide bonds. The highest BCUT2D eigenvalue weighted by Crippen LogP contribution is 2.22. The maximum atomic E-state index is 12.6. The second-order valence-electron chi connectivity index (χ2n) is 6.72. The van der Waals surface area contributed by atoms with Crippen LogP contribution in [0.25, 0.3) is 0 Å². The highest BCUT2D eigenvalue weighted by atomic mass is 16.5. The molecule has 3 heterocycles. The average molecular weight is 327 g/mol. The Morgan fingerprint density at radius 1 is 1.42 bits per heavy atom. The fourth-order valence-corrected chi connectivity index (χ4v) is 3.56. The highest BCUT2D eigenvalue weighted by molar-refractivity contribution is 5.76. The molecule has 0 unspecified atom stereocenters. The van der Waals surface area contributed by atoms with Crippen LogP contribution in [0.3, 0.4) is 0 Å². The Morgan fingerprint density at radius 2 is 2.29 bits per heavy atom. The molecular formula is C19H25N3O2. The number of nitrogens with zero attached hydrogens (tertiary/aromatic N) is 3. The molecule has 2 aromatic heterocycles. The first-order chi connectivity index (χ1) is 11.6. The van der Waals surface area contributed by atoms with Crippen LogP contribution >= 0.6 is 0 Å². The SMILES string of the molecule is Cc1noc(C)c1CCC(=O)N1CCC[C@@H](Cc2cccnc2)C1. The van der Waals surface area contributed by atoms with Crippen molar-refractivity contribution < 1.29 is 9.32 Å². The van der Waals surface area contributed by atoms with Crippen LogP contribution in [-0.2, 0) is 17.6 Å². The smallest absolute Gasteiger partial charge is 0.222 e. The molecule has 1 aliphatic rings. The lowest BCUT2D eigenvalue weighted by Gasteiger charge is -2.33. The molecule has 0 spiro atoms. The molecule has 1 saturated heterocycles. The van der Waals surface area contributed by atoms with Crippen LogP contribution in [0.1, 0.15) is 41.8 Å². The summed E-state index contributed by atoms with van der Waals surface area (Å²) in [6, 6.07) is 4.09. The zero-order valence-corrected chi connectivity index (χ0v) is 14.5. The fraction of sp³-hybridized carbons (Fsp3) is 0.526. The number of aryl methyl sites for hydroxylation is 2. The van der Waals surface area contributed by atoms with E-state index >= 15 is 0 Å². The van der Waals surface area contributed by atoms with E-state index in [-0.39, 0.29) is 5.91 Å². The van der Waals surface area contributed by atoms with Gasteiger partial charge in [0.25, 0.3) is 0 Å². The number of hydrogen-bond acceptors (Lipinski definition) is 4. The Morgan fingerprint density at radius 3 is 3.00 bits per heavy atom. The van der Waals surface area contributed by atoms with Gasteiger partial charge in [-0.05, 0) is 57.1 Å².